The van der Waals surface area contributed by atoms with Gasteiger partial charge in [-0.15, -0.1) is 0 Å². The summed E-state index contributed by atoms with van der Waals surface area (Å²) in [6, 6.07) is 23.7. The van der Waals surface area contributed by atoms with E-state index in [2.05, 4.69) is 20.6 Å². The van der Waals surface area contributed by atoms with Crippen molar-refractivity contribution in [2.45, 2.75) is 84.2 Å². The molecule has 2 aliphatic rings. The summed E-state index contributed by atoms with van der Waals surface area (Å²) in [5.74, 6) is -0.466. The van der Waals surface area contributed by atoms with Crippen LogP contribution in [0.4, 0.5) is 11.4 Å². The summed E-state index contributed by atoms with van der Waals surface area (Å²) in [5.41, 5.74) is 3.28. The molecule has 68 heavy (non-hydrogen) atoms. The molecule has 4 heterocycles. The van der Waals surface area contributed by atoms with Gasteiger partial charge in [-0.1, -0.05) is 68.8 Å². The number of oxazole rings is 1. The number of carbonyl (C=O) groups excluding carboxylic acids is 4. The second kappa shape index (κ2) is 21.1. The maximum absolute atomic E-state index is 14.0. The number of halogens is 1. The Hall–Kier alpha value is -6.71. The smallest absolute Gasteiger partial charge is 0.259 e. The third-order valence-electron chi connectivity index (χ3n) is 11.8. The second-order valence-electron chi connectivity index (χ2n) is 18.2. The van der Waals surface area contributed by atoms with Gasteiger partial charge in [-0.25, -0.2) is 9.97 Å². The third-order valence-corrected chi connectivity index (χ3v) is 12.5. The number of ether oxygens (including phenoxy) is 2. The molecule has 0 radical (unpaired) electrons. The molecule has 0 spiro atoms. The number of benzene rings is 3. The summed E-state index contributed by atoms with van der Waals surface area (Å²) in [7, 11) is 0. The van der Waals surface area contributed by atoms with Gasteiger partial charge in [0.1, 0.15) is 30.3 Å². The molecule has 2 aromatic heterocycles. The molecule has 18 heteroatoms. The predicted octanol–water partition coefficient (Wildman–Crippen LogP) is 6.83. The molecule has 3 aromatic carbocycles. The van der Waals surface area contributed by atoms with Crippen LogP contribution in [0.3, 0.4) is 0 Å². The summed E-state index contributed by atoms with van der Waals surface area (Å²) in [4.78, 5) is 67.0. The summed E-state index contributed by atoms with van der Waals surface area (Å²) in [6.45, 7) is 9.66. The van der Waals surface area contributed by atoms with E-state index >= 15 is 0 Å². The number of pyridine rings is 1. The maximum Gasteiger partial charge on any atom is 0.259 e. The number of thiocarbonyl (C=S) groups is 1. The number of nitriles is 1. The first-order valence-corrected chi connectivity index (χ1v) is 22.9. The van der Waals surface area contributed by atoms with Crippen molar-refractivity contribution in [2.24, 2.45) is 5.41 Å². The summed E-state index contributed by atoms with van der Waals surface area (Å²) < 4.78 is 16.8. The summed E-state index contributed by atoms with van der Waals surface area (Å²) in [6.07, 6.45) is 5.12. The van der Waals surface area contributed by atoms with Gasteiger partial charge in [0.15, 0.2) is 17.3 Å². The van der Waals surface area contributed by atoms with Crippen LogP contribution in [0.2, 0.25) is 5.02 Å². The number of hydrogen-bond donors (Lipinski definition) is 3. The lowest BCUT2D eigenvalue weighted by molar-refractivity contribution is -0.144. The van der Waals surface area contributed by atoms with Gasteiger partial charge in [0.05, 0.1) is 35.2 Å². The molecule has 0 unspecified atom stereocenters. The largest absolute Gasteiger partial charge is 0.478 e. The van der Waals surface area contributed by atoms with Crippen LogP contribution in [0, 0.1) is 16.7 Å². The number of hydrogen-bond acceptors (Lipinski definition) is 12. The number of rotatable bonds is 17. The first-order chi connectivity index (χ1) is 32.5. The van der Waals surface area contributed by atoms with E-state index in [-0.39, 0.29) is 43.7 Å². The number of aromatic nitrogens is 2. The lowest BCUT2D eigenvalue weighted by Crippen LogP contribution is -2.58. The first-order valence-electron chi connectivity index (χ1n) is 22.1. The molecule has 2 fully saturated rings. The molecule has 7 rings (SSSR count). The number of aliphatic hydroxyl groups excluding tert-OH is 1. The van der Waals surface area contributed by atoms with Crippen LogP contribution in [0.1, 0.15) is 65.0 Å². The quantitative estimate of drug-likeness (QED) is 0.0647. The minimum atomic E-state index is -0.984. The normalized spacial score (nSPS) is 17.2. The number of unbranched alkanes of at least 4 members (excludes halogenated alkanes) is 1. The Bertz CT molecular complexity index is 2670. The standard InChI is InChI=1S/C50H53ClN8O8S/c1-49(2,3)44(46(63)57-28-38(60)23-40(57)45(62)55-25-31-8-10-33(11-9-31)41-27-53-30-67-41)56-42(61)29-65-20-6-7-21-66-43-19-15-35(26-54-43)32-12-16-36(17-13-32)59-48(68)58(47(64)50(59,4)5)37-18-14-34(24-52)39(51)22-37/h8-19,22,26-27,30,38,40,44,60H,6-7,20-21,23,25,28-29H2,1-5H3,(H,55,62)(H,56,61)/t38-,40+,44-/m1/s1. The van der Waals surface area contributed by atoms with Gasteiger partial charge < -0.3 is 39.4 Å². The number of amides is 4. The molecule has 3 N–H and O–H groups in total. The molecule has 354 valence electrons. The van der Waals surface area contributed by atoms with Crippen LogP contribution < -0.4 is 25.2 Å². The zero-order chi connectivity index (χ0) is 48.8. The third kappa shape index (κ3) is 11.2. The Kier molecular flexibility index (Phi) is 15.2. The van der Waals surface area contributed by atoms with Gasteiger partial charge >= 0.3 is 0 Å². The van der Waals surface area contributed by atoms with Crippen LogP contribution in [0.25, 0.3) is 22.5 Å². The Morgan fingerprint density at radius 1 is 0.985 bits per heavy atom. The van der Waals surface area contributed by atoms with E-state index in [0.29, 0.717) is 47.5 Å². The van der Waals surface area contributed by atoms with Gasteiger partial charge in [-0.3, -0.25) is 24.1 Å². The van der Waals surface area contributed by atoms with Crippen molar-refractivity contribution in [3.8, 4) is 34.4 Å². The highest BCUT2D eigenvalue weighted by Gasteiger charge is 2.50. The Morgan fingerprint density at radius 3 is 2.32 bits per heavy atom. The number of β-amino-alcohol motifs (C(OH)–C–C–N with tert-alkyl or cyclic N) is 1. The maximum atomic E-state index is 14.0. The molecular formula is C50H53ClN8O8S. The second-order valence-corrected chi connectivity index (χ2v) is 18.9. The number of aliphatic hydroxyl groups is 1. The fourth-order valence-corrected chi connectivity index (χ4v) is 8.79. The molecule has 3 atom stereocenters. The fourth-order valence-electron chi connectivity index (χ4n) is 8.05. The highest BCUT2D eigenvalue weighted by Crippen LogP contribution is 2.38. The average molecular weight is 962 g/mol. The lowest BCUT2D eigenvalue weighted by Gasteiger charge is -2.35. The molecule has 16 nitrogen and oxygen atoms in total. The van der Waals surface area contributed by atoms with Crippen molar-refractivity contribution < 1.29 is 38.2 Å². The Morgan fingerprint density at radius 2 is 1.68 bits per heavy atom. The molecule has 2 saturated heterocycles. The zero-order valence-electron chi connectivity index (χ0n) is 38.4. The van der Waals surface area contributed by atoms with E-state index in [1.165, 1.54) is 16.2 Å². The molecule has 2 aliphatic heterocycles. The highest BCUT2D eigenvalue weighted by atomic mass is 35.5. The van der Waals surface area contributed by atoms with E-state index in [1.807, 2.05) is 81.4 Å². The Labute approximate surface area is 405 Å². The minimum Gasteiger partial charge on any atom is -0.478 e. The van der Waals surface area contributed by atoms with Crippen LogP contribution in [0.15, 0.2) is 102 Å². The van der Waals surface area contributed by atoms with E-state index < -0.39 is 46.9 Å². The van der Waals surface area contributed by atoms with Crippen molar-refractivity contribution in [3.63, 3.8) is 0 Å². The van der Waals surface area contributed by atoms with Crippen molar-refractivity contribution >= 4 is 63.9 Å². The first kappa shape index (κ1) is 49.2. The van der Waals surface area contributed by atoms with Crippen molar-refractivity contribution in [1.29, 1.82) is 5.26 Å². The van der Waals surface area contributed by atoms with Gasteiger partial charge in [-0.2, -0.15) is 5.26 Å². The lowest BCUT2D eigenvalue weighted by atomic mass is 9.85. The molecule has 0 aliphatic carbocycles. The van der Waals surface area contributed by atoms with E-state index in [4.69, 9.17) is 37.7 Å². The van der Waals surface area contributed by atoms with Crippen LogP contribution in [-0.4, -0.2) is 98.8 Å². The molecule has 0 saturated carbocycles. The van der Waals surface area contributed by atoms with Crippen LogP contribution in [-0.2, 0) is 30.5 Å². The topological polar surface area (TPSA) is 203 Å². The van der Waals surface area contributed by atoms with Crippen molar-refractivity contribution in [2.75, 3.05) is 36.2 Å². The van der Waals surface area contributed by atoms with E-state index in [9.17, 15) is 29.5 Å². The van der Waals surface area contributed by atoms with Crippen LogP contribution >= 0.6 is 23.8 Å². The Balaban J connectivity index is 0.831. The average Bonchev–Trinajstić information content (AvgIpc) is 4.04. The minimum absolute atomic E-state index is 0.0314. The number of anilines is 2. The van der Waals surface area contributed by atoms with E-state index in [0.717, 1.165) is 27.9 Å². The summed E-state index contributed by atoms with van der Waals surface area (Å²) >= 11 is 12.1. The number of likely N-dealkylation sites (tertiary alicyclic amines) is 1. The van der Waals surface area contributed by atoms with Gasteiger partial charge in [0, 0.05) is 55.2 Å². The number of nitrogens with zero attached hydrogens (tertiary/aromatic N) is 6. The molecule has 0 bridgehead atoms. The molecule has 4 amide bonds. The zero-order valence-corrected chi connectivity index (χ0v) is 40.0. The number of nitrogens with one attached hydrogen (secondary N) is 2. The fraction of sp³-hybridized carbons (Fsp3) is 0.360. The van der Waals surface area contributed by atoms with Crippen LogP contribution in [0.5, 0.6) is 5.88 Å². The molecule has 5 aromatic rings. The highest BCUT2D eigenvalue weighted by molar-refractivity contribution is 7.81. The van der Waals surface area contributed by atoms with Crippen molar-refractivity contribution in [1.82, 2.24) is 25.5 Å². The van der Waals surface area contributed by atoms with E-state index in [1.54, 1.807) is 55.4 Å². The monoisotopic (exact) mass is 960 g/mol. The van der Waals surface area contributed by atoms with Gasteiger partial charge in [0.2, 0.25) is 23.6 Å². The summed E-state index contributed by atoms with van der Waals surface area (Å²) in [5, 5.41) is 26.0. The molecular weight excluding hydrogens is 908 g/mol. The van der Waals surface area contributed by atoms with Gasteiger partial charge in [-0.05, 0) is 91.8 Å². The SMILES string of the molecule is CC(C)(C)[C@H](NC(=O)COCCCCOc1ccc(-c2ccc(N3C(=S)N(c4ccc(C#N)c(Cl)c4)C(=O)C3(C)C)cc2)cn1)C(=O)N1C[C@H](O)C[C@H]1C(=O)NCc1ccc(-c2cnco2)cc1. The predicted molar refractivity (Wildman–Crippen MR) is 259 cm³/mol. The number of carbonyl (C=O) groups is 4. The van der Waals surface area contributed by atoms with Crippen molar-refractivity contribution in [3.05, 3.63) is 114 Å². The van der Waals surface area contributed by atoms with Gasteiger partial charge in [0.25, 0.3) is 5.91 Å².